The van der Waals surface area contributed by atoms with Crippen molar-refractivity contribution in [3.8, 4) is 0 Å². The lowest BCUT2D eigenvalue weighted by Gasteiger charge is -2.31. The second kappa shape index (κ2) is 3.58. The molecule has 1 heterocycles. The third-order valence-electron chi connectivity index (χ3n) is 3.36. The smallest absolute Gasteiger partial charge is 0.128 e. The van der Waals surface area contributed by atoms with Crippen LogP contribution in [0.25, 0.3) is 0 Å². The van der Waals surface area contributed by atoms with Gasteiger partial charge in [0.25, 0.3) is 0 Å². The Balaban J connectivity index is 2.44. The number of rotatable bonds is 1. The van der Waals surface area contributed by atoms with Crippen LogP contribution in [0.5, 0.6) is 0 Å². The lowest BCUT2D eigenvalue weighted by molar-refractivity contribution is 0.310. The number of fused-ring (bicyclic) bond motifs is 1. The molecule has 0 N–H and O–H groups in total. The summed E-state index contributed by atoms with van der Waals surface area (Å²) in [5, 5.41) is 0. The highest BCUT2D eigenvalue weighted by Gasteiger charge is 2.27. The summed E-state index contributed by atoms with van der Waals surface area (Å²) in [6.07, 6.45) is 4.45. The zero-order valence-electron chi connectivity index (χ0n) is 10.2. The summed E-state index contributed by atoms with van der Waals surface area (Å²) in [6, 6.07) is 0. The molecule has 0 fully saturated rings. The molecule has 0 unspecified atom stereocenters. The van der Waals surface area contributed by atoms with E-state index >= 15 is 0 Å². The number of aryl methyl sites for hydroxylation is 3. The fraction of sp³-hybridized carbons (Fsp3) is 0.692. The van der Waals surface area contributed by atoms with E-state index in [1.54, 1.807) is 0 Å². The van der Waals surface area contributed by atoms with Gasteiger partial charge in [-0.15, -0.1) is 0 Å². The average molecular weight is 204 g/mol. The molecule has 1 aromatic rings. The third kappa shape index (κ3) is 2.04. The van der Waals surface area contributed by atoms with Crippen LogP contribution >= 0.6 is 0 Å². The van der Waals surface area contributed by atoms with E-state index in [4.69, 9.17) is 0 Å². The molecule has 0 saturated heterocycles. The molecular weight excluding hydrogens is 184 g/mol. The summed E-state index contributed by atoms with van der Waals surface area (Å²) >= 11 is 0. The summed E-state index contributed by atoms with van der Waals surface area (Å²) in [6.45, 7) is 8.92. The van der Waals surface area contributed by atoms with Gasteiger partial charge in [-0.2, -0.15) is 0 Å². The van der Waals surface area contributed by atoms with Crippen molar-refractivity contribution in [1.29, 1.82) is 0 Å². The van der Waals surface area contributed by atoms with Gasteiger partial charge in [-0.3, -0.25) is 0 Å². The van der Waals surface area contributed by atoms with Crippen molar-refractivity contribution < 1.29 is 0 Å². The standard InChI is InChI=1S/C13H20N2/c1-5-12-14-9(2)10-8-13(3,4)7-6-11(10)15-12/h5-8H2,1-4H3. The maximum Gasteiger partial charge on any atom is 0.128 e. The maximum absolute atomic E-state index is 4.65. The highest BCUT2D eigenvalue weighted by atomic mass is 14.9. The fourth-order valence-electron chi connectivity index (χ4n) is 2.34. The van der Waals surface area contributed by atoms with Crippen LogP contribution in [0.2, 0.25) is 0 Å². The van der Waals surface area contributed by atoms with Gasteiger partial charge < -0.3 is 0 Å². The van der Waals surface area contributed by atoms with Crippen LogP contribution in [0.4, 0.5) is 0 Å². The molecular formula is C13H20N2. The topological polar surface area (TPSA) is 25.8 Å². The zero-order chi connectivity index (χ0) is 11.1. The first-order valence-electron chi connectivity index (χ1n) is 5.87. The predicted molar refractivity (Wildman–Crippen MR) is 62.0 cm³/mol. The van der Waals surface area contributed by atoms with E-state index in [1.807, 2.05) is 0 Å². The molecule has 0 atom stereocenters. The first-order chi connectivity index (χ1) is 7.02. The van der Waals surface area contributed by atoms with E-state index in [1.165, 1.54) is 23.4 Å². The third-order valence-corrected chi connectivity index (χ3v) is 3.36. The number of nitrogens with zero attached hydrogens (tertiary/aromatic N) is 2. The van der Waals surface area contributed by atoms with Crippen LogP contribution < -0.4 is 0 Å². The molecule has 0 saturated carbocycles. The summed E-state index contributed by atoms with van der Waals surface area (Å²) in [5.74, 6) is 1.01. The van der Waals surface area contributed by atoms with Crippen molar-refractivity contribution >= 4 is 0 Å². The van der Waals surface area contributed by atoms with Crippen LogP contribution in [0.15, 0.2) is 0 Å². The Kier molecular flexibility index (Phi) is 2.53. The number of hydrogen-bond acceptors (Lipinski definition) is 2. The van der Waals surface area contributed by atoms with E-state index in [9.17, 15) is 0 Å². The van der Waals surface area contributed by atoms with Gasteiger partial charge in [-0.05, 0) is 37.2 Å². The molecule has 0 spiro atoms. The molecule has 15 heavy (non-hydrogen) atoms. The molecule has 82 valence electrons. The normalized spacial score (nSPS) is 18.7. The highest BCUT2D eigenvalue weighted by Crippen LogP contribution is 2.34. The molecule has 2 rings (SSSR count). The quantitative estimate of drug-likeness (QED) is 0.703. The fourth-order valence-corrected chi connectivity index (χ4v) is 2.34. The Morgan fingerprint density at radius 2 is 2.00 bits per heavy atom. The molecule has 0 radical (unpaired) electrons. The monoisotopic (exact) mass is 204 g/mol. The molecule has 2 heteroatoms. The SMILES string of the molecule is CCc1nc(C)c2c(n1)CCC(C)(C)C2. The summed E-state index contributed by atoms with van der Waals surface area (Å²) < 4.78 is 0. The number of aromatic nitrogens is 2. The molecule has 0 aliphatic heterocycles. The van der Waals surface area contributed by atoms with E-state index in [0.29, 0.717) is 5.41 Å². The molecule has 2 nitrogen and oxygen atoms in total. The minimum atomic E-state index is 0.425. The van der Waals surface area contributed by atoms with Gasteiger partial charge >= 0.3 is 0 Å². The van der Waals surface area contributed by atoms with Crippen molar-refractivity contribution in [2.75, 3.05) is 0 Å². The lowest BCUT2D eigenvalue weighted by Crippen LogP contribution is -2.25. The second-order valence-corrected chi connectivity index (χ2v) is 5.35. The minimum absolute atomic E-state index is 0.425. The van der Waals surface area contributed by atoms with Gasteiger partial charge in [0.1, 0.15) is 5.82 Å². The Labute approximate surface area is 92.1 Å². The van der Waals surface area contributed by atoms with E-state index in [2.05, 4.69) is 37.7 Å². The maximum atomic E-state index is 4.65. The minimum Gasteiger partial charge on any atom is -0.238 e. The first-order valence-corrected chi connectivity index (χ1v) is 5.87. The van der Waals surface area contributed by atoms with Gasteiger partial charge in [0.15, 0.2) is 0 Å². The van der Waals surface area contributed by atoms with Crippen LogP contribution in [0, 0.1) is 12.3 Å². The van der Waals surface area contributed by atoms with E-state index in [-0.39, 0.29) is 0 Å². The van der Waals surface area contributed by atoms with Gasteiger partial charge in [0, 0.05) is 17.8 Å². The highest BCUT2D eigenvalue weighted by molar-refractivity contribution is 5.29. The molecule has 0 aromatic carbocycles. The van der Waals surface area contributed by atoms with Gasteiger partial charge in [-0.1, -0.05) is 20.8 Å². The van der Waals surface area contributed by atoms with Crippen LogP contribution in [-0.4, -0.2) is 9.97 Å². The summed E-state index contributed by atoms with van der Waals surface area (Å²) in [7, 11) is 0. The molecule has 0 bridgehead atoms. The van der Waals surface area contributed by atoms with Crippen molar-refractivity contribution in [3.63, 3.8) is 0 Å². The second-order valence-electron chi connectivity index (χ2n) is 5.35. The first kappa shape index (κ1) is 10.6. The zero-order valence-corrected chi connectivity index (χ0v) is 10.2. The van der Waals surface area contributed by atoms with Gasteiger partial charge in [0.2, 0.25) is 0 Å². The van der Waals surface area contributed by atoms with Crippen LogP contribution in [0.1, 0.15) is 50.0 Å². The molecule has 1 aliphatic rings. The Morgan fingerprint density at radius 3 is 2.67 bits per heavy atom. The van der Waals surface area contributed by atoms with Crippen molar-refractivity contribution in [2.45, 2.75) is 53.4 Å². The van der Waals surface area contributed by atoms with Crippen molar-refractivity contribution in [3.05, 3.63) is 22.8 Å². The largest absolute Gasteiger partial charge is 0.238 e. The van der Waals surface area contributed by atoms with Crippen LogP contribution in [0.3, 0.4) is 0 Å². The van der Waals surface area contributed by atoms with Gasteiger partial charge in [-0.25, -0.2) is 9.97 Å². The number of hydrogen-bond donors (Lipinski definition) is 0. The average Bonchev–Trinajstić information content (AvgIpc) is 2.18. The molecule has 1 aromatic heterocycles. The Bertz CT molecular complexity index is 380. The van der Waals surface area contributed by atoms with Gasteiger partial charge in [0.05, 0.1) is 0 Å². The Morgan fingerprint density at radius 1 is 1.27 bits per heavy atom. The van der Waals surface area contributed by atoms with E-state index < -0.39 is 0 Å². The Hall–Kier alpha value is -0.920. The van der Waals surface area contributed by atoms with Crippen molar-refractivity contribution in [2.24, 2.45) is 5.41 Å². The van der Waals surface area contributed by atoms with Crippen molar-refractivity contribution in [1.82, 2.24) is 9.97 Å². The predicted octanol–water partition coefficient (Wildman–Crippen LogP) is 2.86. The molecule has 1 aliphatic carbocycles. The molecule has 0 amide bonds. The summed E-state index contributed by atoms with van der Waals surface area (Å²) in [5.41, 5.74) is 4.33. The van der Waals surface area contributed by atoms with Crippen LogP contribution in [-0.2, 0) is 19.3 Å². The van der Waals surface area contributed by atoms with E-state index in [0.717, 1.165) is 25.1 Å². The summed E-state index contributed by atoms with van der Waals surface area (Å²) in [4.78, 5) is 9.21. The lowest BCUT2D eigenvalue weighted by atomic mass is 9.75.